The van der Waals surface area contributed by atoms with Crippen LogP contribution in [0.15, 0.2) is 42.5 Å². The summed E-state index contributed by atoms with van der Waals surface area (Å²) in [4.78, 5) is 4.65. The molecule has 28 heavy (non-hydrogen) atoms. The summed E-state index contributed by atoms with van der Waals surface area (Å²) >= 11 is 0. The SMILES string of the molecule is CN1CCN(Cc2ccc(-c3ccc(COC4CCCC4)cc3)cc2F)CC1. The summed E-state index contributed by atoms with van der Waals surface area (Å²) in [5, 5.41) is 0. The fourth-order valence-electron chi connectivity index (χ4n) is 4.16. The van der Waals surface area contributed by atoms with Gasteiger partial charge in [0.1, 0.15) is 5.82 Å². The molecule has 2 fully saturated rings. The van der Waals surface area contributed by atoms with Gasteiger partial charge in [-0.2, -0.15) is 0 Å². The van der Waals surface area contributed by atoms with Crippen LogP contribution in [0.25, 0.3) is 11.1 Å². The maximum Gasteiger partial charge on any atom is 0.128 e. The van der Waals surface area contributed by atoms with E-state index in [9.17, 15) is 4.39 Å². The topological polar surface area (TPSA) is 15.7 Å². The van der Waals surface area contributed by atoms with Crippen molar-refractivity contribution in [1.82, 2.24) is 9.80 Å². The number of halogens is 1. The van der Waals surface area contributed by atoms with Crippen molar-refractivity contribution < 1.29 is 9.13 Å². The van der Waals surface area contributed by atoms with Crippen LogP contribution in [-0.4, -0.2) is 49.1 Å². The van der Waals surface area contributed by atoms with Crippen LogP contribution in [0.3, 0.4) is 0 Å². The average molecular weight is 383 g/mol. The van der Waals surface area contributed by atoms with Gasteiger partial charge in [-0.1, -0.05) is 49.2 Å². The van der Waals surface area contributed by atoms with Crippen molar-refractivity contribution in [3.8, 4) is 11.1 Å². The standard InChI is InChI=1S/C24H31FN2O/c1-26-12-14-27(15-13-26)17-22-11-10-21(16-24(22)25)20-8-6-19(7-9-20)18-28-23-4-2-3-5-23/h6-11,16,23H,2-5,12-15,17-18H2,1H3. The number of benzene rings is 2. The van der Waals surface area contributed by atoms with Gasteiger partial charge in [-0.3, -0.25) is 4.90 Å². The van der Waals surface area contributed by atoms with Gasteiger partial charge in [0.2, 0.25) is 0 Å². The van der Waals surface area contributed by atoms with E-state index in [1.807, 2.05) is 12.1 Å². The highest BCUT2D eigenvalue weighted by atomic mass is 19.1. The molecular formula is C24H31FN2O. The molecule has 3 nitrogen and oxygen atoms in total. The Morgan fingerprint density at radius 3 is 2.29 bits per heavy atom. The minimum absolute atomic E-state index is 0.106. The summed E-state index contributed by atoms with van der Waals surface area (Å²) in [6, 6.07) is 14.0. The summed E-state index contributed by atoms with van der Waals surface area (Å²) in [7, 11) is 2.14. The molecule has 2 aliphatic rings. The van der Waals surface area contributed by atoms with E-state index < -0.39 is 0 Å². The van der Waals surface area contributed by atoms with E-state index in [4.69, 9.17) is 4.74 Å². The highest BCUT2D eigenvalue weighted by molar-refractivity contribution is 5.64. The molecule has 2 aromatic carbocycles. The van der Waals surface area contributed by atoms with Crippen LogP contribution in [0, 0.1) is 5.82 Å². The molecule has 1 aliphatic carbocycles. The fourth-order valence-corrected chi connectivity index (χ4v) is 4.16. The first-order chi connectivity index (χ1) is 13.7. The molecule has 0 aromatic heterocycles. The average Bonchev–Trinajstić information content (AvgIpc) is 3.24. The largest absolute Gasteiger partial charge is 0.374 e. The zero-order valence-corrected chi connectivity index (χ0v) is 16.9. The molecule has 4 heteroatoms. The Labute approximate surface area is 168 Å². The van der Waals surface area contributed by atoms with Crippen molar-refractivity contribution in [3.63, 3.8) is 0 Å². The van der Waals surface area contributed by atoms with E-state index in [1.165, 1.54) is 31.2 Å². The zero-order valence-electron chi connectivity index (χ0n) is 16.9. The highest BCUT2D eigenvalue weighted by Gasteiger charge is 2.16. The molecule has 0 atom stereocenters. The quantitative estimate of drug-likeness (QED) is 0.720. The molecule has 1 aliphatic heterocycles. The van der Waals surface area contributed by atoms with Crippen LogP contribution in [0.4, 0.5) is 4.39 Å². The van der Waals surface area contributed by atoms with Crippen molar-refractivity contribution in [2.75, 3.05) is 33.2 Å². The predicted octanol–water partition coefficient (Wildman–Crippen LogP) is 4.70. The maximum absolute atomic E-state index is 14.7. The molecule has 0 amide bonds. The van der Waals surface area contributed by atoms with Gasteiger partial charge in [-0.25, -0.2) is 4.39 Å². The molecule has 0 unspecified atom stereocenters. The second-order valence-corrected chi connectivity index (χ2v) is 8.30. The summed E-state index contributed by atoms with van der Waals surface area (Å²) in [6.45, 7) is 5.47. The molecule has 0 bridgehead atoms. The van der Waals surface area contributed by atoms with E-state index in [0.717, 1.165) is 42.9 Å². The molecule has 0 radical (unpaired) electrons. The molecular weight excluding hydrogens is 351 g/mol. The number of hydrogen-bond donors (Lipinski definition) is 0. The van der Waals surface area contributed by atoms with Crippen molar-refractivity contribution in [2.45, 2.75) is 44.9 Å². The molecule has 2 aromatic rings. The lowest BCUT2D eigenvalue weighted by Gasteiger charge is -2.32. The lowest BCUT2D eigenvalue weighted by Crippen LogP contribution is -2.44. The Morgan fingerprint density at radius 2 is 1.61 bits per heavy atom. The third-order valence-electron chi connectivity index (χ3n) is 6.12. The minimum Gasteiger partial charge on any atom is -0.374 e. The second-order valence-electron chi connectivity index (χ2n) is 8.30. The Bertz CT molecular complexity index is 763. The van der Waals surface area contributed by atoms with E-state index in [2.05, 4.69) is 41.1 Å². The molecule has 1 heterocycles. The number of rotatable bonds is 6. The van der Waals surface area contributed by atoms with E-state index in [0.29, 0.717) is 19.3 Å². The van der Waals surface area contributed by atoms with Crippen LogP contribution in [0.1, 0.15) is 36.8 Å². The molecule has 0 N–H and O–H groups in total. The Balaban J connectivity index is 1.36. The van der Waals surface area contributed by atoms with Gasteiger partial charge in [-0.05, 0) is 42.6 Å². The highest BCUT2D eigenvalue weighted by Crippen LogP contribution is 2.25. The molecule has 1 saturated heterocycles. The predicted molar refractivity (Wildman–Crippen MR) is 112 cm³/mol. The monoisotopic (exact) mass is 382 g/mol. The van der Waals surface area contributed by atoms with Crippen molar-refractivity contribution in [1.29, 1.82) is 0 Å². The van der Waals surface area contributed by atoms with Gasteiger partial charge in [0, 0.05) is 38.3 Å². The van der Waals surface area contributed by atoms with Crippen molar-refractivity contribution >= 4 is 0 Å². The van der Waals surface area contributed by atoms with Gasteiger partial charge >= 0.3 is 0 Å². The fraction of sp³-hybridized carbons (Fsp3) is 0.500. The number of likely N-dealkylation sites (N-methyl/N-ethyl adjacent to an activating group) is 1. The van der Waals surface area contributed by atoms with Gasteiger partial charge in [0.15, 0.2) is 0 Å². The first kappa shape index (κ1) is 19.6. The van der Waals surface area contributed by atoms with Gasteiger partial charge in [0.05, 0.1) is 12.7 Å². The van der Waals surface area contributed by atoms with Crippen LogP contribution in [-0.2, 0) is 17.9 Å². The van der Waals surface area contributed by atoms with Gasteiger partial charge < -0.3 is 9.64 Å². The number of nitrogens with zero attached hydrogens (tertiary/aromatic N) is 2. The third-order valence-corrected chi connectivity index (χ3v) is 6.12. The first-order valence-electron chi connectivity index (χ1n) is 10.6. The van der Waals surface area contributed by atoms with Crippen LogP contribution < -0.4 is 0 Å². The maximum atomic E-state index is 14.7. The number of ether oxygens (including phenoxy) is 1. The van der Waals surface area contributed by atoms with E-state index >= 15 is 0 Å². The third kappa shape index (κ3) is 4.99. The normalized spacial score (nSPS) is 19.4. The lowest BCUT2D eigenvalue weighted by atomic mass is 10.0. The first-order valence-corrected chi connectivity index (χ1v) is 10.6. The summed E-state index contributed by atoms with van der Waals surface area (Å²) in [5.41, 5.74) is 3.95. The minimum atomic E-state index is -0.106. The van der Waals surface area contributed by atoms with E-state index in [-0.39, 0.29) is 5.82 Å². The number of piperazine rings is 1. The van der Waals surface area contributed by atoms with Gasteiger partial charge in [0.25, 0.3) is 0 Å². The van der Waals surface area contributed by atoms with E-state index in [1.54, 1.807) is 6.07 Å². The molecule has 1 saturated carbocycles. The number of hydrogen-bond acceptors (Lipinski definition) is 3. The Kier molecular flexibility index (Phi) is 6.40. The van der Waals surface area contributed by atoms with Crippen molar-refractivity contribution in [3.05, 3.63) is 59.4 Å². The summed E-state index contributed by atoms with van der Waals surface area (Å²) in [6.07, 6.45) is 5.40. The van der Waals surface area contributed by atoms with Crippen molar-refractivity contribution in [2.24, 2.45) is 0 Å². The zero-order chi connectivity index (χ0) is 19.3. The molecule has 0 spiro atoms. The van der Waals surface area contributed by atoms with Gasteiger partial charge in [-0.15, -0.1) is 0 Å². The molecule has 4 rings (SSSR count). The smallest absolute Gasteiger partial charge is 0.128 e. The summed E-state index contributed by atoms with van der Waals surface area (Å²) < 4.78 is 20.7. The summed E-state index contributed by atoms with van der Waals surface area (Å²) in [5.74, 6) is -0.106. The molecule has 150 valence electrons. The second kappa shape index (κ2) is 9.17. The van der Waals surface area contributed by atoms with Crippen LogP contribution >= 0.6 is 0 Å². The lowest BCUT2D eigenvalue weighted by molar-refractivity contribution is 0.0457. The Morgan fingerprint density at radius 1 is 0.929 bits per heavy atom. The van der Waals surface area contributed by atoms with Crippen LogP contribution in [0.2, 0.25) is 0 Å². The Hall–Kier alpha value is -1.75. The van der Waals surface area contributed by atoms with Crippen LogP contribution in [0.5, 0.6) is 0 Å².